The SMILES string of the molecule is Cc1ccc(C(OC2CCC(C)C(C)C2)C(C)N)cc1. The molecule has 112 valence electrons. The Balaban J connectivity index is 2.04. The summed E-state index contributed by atoms with van der Waals surface area (Å²) in [5.41, 5.74) is 8.64. The van der Waals surface area contributed by atoms with Crippen LogP contribution in [0.4, 0.5) is 0 Å². The summed E-state index contributed by atoms with van der Waals surface area (Å²) >= 11 is 0. The van der Waals surface area contributed by atoms with Gasteiger partial charge in [0.15, 0.2) is 0 Å². The van der Waals surface area contributed by atoms with Crippen molar-refractivity contribution in [2.24, 2.45) is 17.6 Å². The van der Waals surface area contributed by atoms with E-state index in [1.165, 1.54) is 24.0 Å². The van der Waals surface area contributed by atoms with Crippen molar-refractivity contribution in [2.75, 3.05) is 0 Å². The van der Waals surface area contributed by atoms with Crippen LogP contribution in [-0.4, -0.2) is 12.1 Å². The van der Waals surface area contributed by atoms with E-state index in [9.17, 15) is 0 Å². The summed E-state index contributed by atoms with van der Waals surface area (Å²) in [6, 6.07) is 8.60. The van der Waals surface area contributed by atoms with Gasteiger partial charge in [-0.05, 0) is 50.5 Å². The van der Waals surface area contributed by atoms with E-state index in [1.54, 1.807) is 0 Å². The molecule has 1 aromatic carbocycles. The molecule has 2 N–H and O–H groups in total. The van der Waals surface area contributed by atoms with Crippen molar-refractivity contribution in [3.8, 4) is 0 Å². The van der Waals surface area contributed by atoms with Crippen LogP contribution in [0.3, 0.4) is 0 Å². The van der Waals surface area contributed by atoms with Gasteiger partial charge in [0.05, 0.1) is 12.2 Å². The maximum absolute atomic E-state index is 6.37. The maximum Gasteiger partial charge on any atom is 0.0976 e. The minimum absolute atomic E-state index is 0.0150. The van der Waals surface area contributed by atoms with Crippen molar-refractivity contribution in [3.63, 3.8) is 0 Å². The first-order valence-electron chi connectivity index (χ1n) is 7.95. The average molecular weight is 275 g/mol. The molecule has 20 heavy (non-hydrogen) atoms. The standard InChI is InChI=1S/C18H29NO/c1-12-5-8-16(9-6-12)18(15(4)19)20-17-10-7-13(2)14(3)11-17/h5-6,8-9,13-15,17-18H,7,10-11,19H2,1-4H3. The van der Waals surface area contributed by atoms with Gasteiger partial charge in [-0.25, -0.2) is 0 Å². The van der Waals surface area contributed by atoms with E-state index in [0.29, 0.717) is 6.10 Å². The van der Waals surface area contributed by atoms with Crippen molar-refractivity contribution >= 4 is 0 Å². The zero-order valence-electron chi connectivity index (χ0n) is 13.3. The molecule has 0 aromatic heterocycles. The second kappa shape index (κ2) is 6.73. The van der Waals surface area contributed by atoms with Gasteiger partial charge in [0, 0.05) is 6.04 Å². The zero-order chi connectivity index (χ0) is 14.7. The molecule has 2 nitrogen and oxygen atoms in total. The Labute approximate surface area is 123 Å². The highest BCUT2D eigenvalue weighted by atomic mass is 16.5. The molecule has 1 aliphatic carbocycles. The van der Waals surface area contributed by atoms with E-state index < -0.39 is 0 Å². The first-order valence-corrected chi connectivity index (χ1v) is 7.95. The van der Waals surface area contributed by atoms with E-state index in [-0.39, 0.29) is 12.1 Å². The number of hydrogen-bond acceptors (Lipinski definition) is 2. The Kier molecular flexibility index (Phi) is 5.22. The van der Waals surface area contributed by atoms with Crippen LogP contribution in [0.2, 0.25) is 0 Å². The van der Waals surface area contributed by atoms with Gasteiger partial charge in [0.1, 0.15) is 0 Å². The Morgan fingerprint density at radius 1 is 1.10 bits per heavy atom. The Bertz CT molecular complexity index is 412. The third-order valence-corrected chi connectivity index (χ3v) is 4.77. The lowest BCUT2D eigenvalue weighted by Crippen LogP contribution is -2.34. The van der Waals surface area contributed by atoms with Crippen molar-refractivity contribution in [1.82, 2.24) is 0 Å². The molecule has 5 unspecified atom stereocenters. The quantitative estimate of drug-likeness (QED) is 0.892. The molecule has 1 aromatic rings. The molecule has 0 radical (unpaired) electrons. The third-order valence-electron chi connectivity index (χ3n) is 4.77. The van der Waals surface area contributed by atoms with E-state index in [0.717, 1.165) is 18.3 Å². The predicted molar refractivity (Wildman–Crippen MR) is 84.6 cm³/mol. The summed E-state index contributed by atoms with van der Waals surface area (Å²) in [5.74, 6) is 1.57. The molecule has 2 heteroatoms. The summed E-state index contributed by atoms with van der Waals surface area (Å²) in [5, 5.41) is 0. The molecule has 0 amide bonds. The van der Waals surface area contributed by atoms with Gasteiger partial charge in [-0.1, -0.05) is 43.7 Å². The molecule has 0 saturated heterocycles. The average Bonchev–Trinajstić information content (AvgIpc) is 2.41. The van der Waals surface area contributed by atoms with Crippen molar-refractivity contribution in [2.45, 2.75) is 65.2 Å². The summed E-state index contributed by atoms with van der Waals surface area (Å²) in [6.07, 6.45) is 3.97. The number of benzene rings is 1. The monoisotopic (exact) mass is 275 g/mol. The second-order valence-corrected chi connectivity index (χ2v) is 6.72. The zero-order valence-corrected chi connectivity index (χ0v) is 13.3. The Morgan fingerprint density at radius 3 is 2.30 bits per heavy atom. The third kappa shape index (κ3) is 3.83. The maximum atomic E-state index is 6.37. The highest BCUT2D eigenvalue weighted by Crippen LogP contribution is 2.34. The molecule has 2 rings (SSSR count). The van der Waals surface area contributed by atoms with E-state index in [4.69, 9.17) is 10.5 Å². The van der Waals surface area contributed by atoms with Crippen LogP contribution in [0.15, 0.2) is 24.3 Å². The second-order valence-electron chi connectivity index (χ2n) is 6.72. The van der Waals surface area contributed by atoms with Gasteiger partial charge in [-0.3, -0.25) is 0 Å². The number of hydrogen-bond donors (Lipinski definition) is 1. The van der Waals surface area contributed by atoms with Gasteiger partial charge in [0.2, 0.25) is 0 Å². The number of ether oxygens (including phenoxy) is 1. The number of aryl methyl sites for hydroxylation is 1. The highest BCUT2D eigenvalue weighted by molar-refractivity contribution is 5.24. The Hall–Kier alpha value is -0.860. The van der Waals surface area contributed by atoms with Crippen LogP contribution < -0.4 is 5.73 Å². The summed E-state index contributed by atoms with van der Waals surface area (Å²) in [6.45, 7) is 8.84. The van der Waals surface area contributed by atoms with Gasteiger partial charge in [-0.2, -0.15) is 0 Å². The molecule has 0 aliphatic heterocycles. The molecule has 0 heterocycles. The van der Waals surface area contributed by atoms with Crippen LogP contribution in [0, 0.1) is 18.8 Å². The first-order chi connectivity index (χ1) is 9.47. The van der Waals surface area contributed by atoms with E-state index in [2.05, 4.69) is 45.0 Å². The molecular weight excluding hydrogens is 246 g/mol. The van der Waals surface area contributed by atoms with Crippen LogP contribution in [0.5, 0.6) is 0 Å². The summed E-state index contributed by atoms with van der Waals surface area (Å²) < 4.78 is 6.37. The molecule has 0 spiro atoms. The van der Waals surface area contributed by atoms with Crippen LogP contribution in [-0.2, 0) is 4.74 Å². The Morgan fingerprint density at radius 2 is 1.75 bits per heavy atom. The number of nitrogens with two attached hydrogens (primary N) is 1. The van der Waals surface area contributed by atoms with Crippen LogP contribution in [0.25, 0.3) is 0 Å². The van der Waals surface area contributed by atoms with Crippen LogP contribution >= 0.6 is 0 Å². The molecular formula is C18H29NO. The largest absolute Gasteiger partial charge is 0.369 e. The molecule has 1 fully saturated rings. The molecule has 5 atom stereocenters. The minimum Gasteiger partial charge on any atom is -0.369 e. The van der Waals surface area contributed by atoms with Gasteiger partial charge >= 0.3 is 0 Å². The predicted octanol–water partition coefficient (Wildman–Crippen LogP) is 4.22. The fourth-order valence-electron chi connectivity index (χ4n) is 3.09. The fraction of sp³-hybridized carbons (Fsp3) is 0.667. The van der Waals surface area contributed by atoms with Gasteiger partial charge < -0.3 is 10.5 Å². The van der Waals surface area contributed by atoms with E-state index >= 15 is 0 Å². The summed E-state index contributed by atoms with van der Waals surface area (Å²) in [7, 11) is 0. The van der Waals surface area contributed by atoms with Crippen LogP contribution in [0.1, 0.15) is 57.3 Å². The molecule has 1 saturated carbocycles. The topological polar surface area (TPSA) is 35.2 Å². The molecule has 1 aliphatic rings. The van der Waals surface area contributed by atoms with E-state index in [1.807, 2.05) is 6.92 Å². The molecule has 0 bridgehead atoms. The van der Waals surface area contributed by atoms with Crippen molar-refractivity contribution in [1.29, 1.82) is 0 Å². The fourth-order valence-corrected chi connectivity index (χ4v) is 3.09. The van der Waals surface area contributed by atoms with Gasteiger partial charge in [-0.15, -0.1) is 0 Å². The lowest BCUT2D eigenvalue weighted by Gasteiger charge is -2.35. The highest BCUT2D eigenvalue weighted by Gasteiger charge is 2.28. The smallest absolute Gasteiger partial charge is 0.0976 e. The van der Waals surface area contributed by atoms with Crippen molar-refractivity contribution < 1.29 is 4.74 Å². The lowest BCUT2D eigenvalue weighted by atomic mass is 9.80. The lowest BCUT2D eigenvalue weighted by molar-refractivity contribution is -0.0568. The van der Waals surface area contributed by atoms with Crippen molar-refractivity contribution in [3.05, 3.63) is 35.4 Å². The minimum atomic E-state index is 0.0150. The first kappa shape index (κ1) is 15.5. The number of rotatable bonds is 4. The summed E-state index contributed by atoms with van der Waals surface area (Å²) in [4.78, 5) is 0. The normalized spacial score (nSPS) is 29.9. The van der Waals surface area contributed by atoms with Gasteiger partial charge in [0.25, 0.3) is 0 Å².